The molecule has 2 aliphatic heterocycles. The third-order valence-corrected chi connectivity index (χ3v) is 7.70. The van der Waals surface area contributed by atoms with Crippen molar-refractivity contribution in [3.05, 3.63) is 23.4 Å². The van der Waals surface area contributed by atoms with Gasteiger partial charge in [-0.25, -0.2) is 9.78 Å². The van der Waals surface area contributed by atoms with Crippen molar-refractivity contribution in [1.82, 2.24) is 15.2 Å². The Hall–Kier alpha value is -2.36. The van der Waals surface area contributed by atoms with Crippen molar-refractivity contribution in [2.24, 2.45) is 5.41 Å². The summed E-state index contributed by atoms with van der Waals surface area (Å²) in [6.07, 6.45) is 3.96. The highest BCUT2D eigenvalue weighted by atomic mass is 19.4. The minimum atomic E-state index is -4.19. The molecule has 3 heterocycles. The van der Waals surface area contributed by atoms with E-state index in [2.05, 4.69) is 22.8 Å². The molecule has 1 aromatic heterocycles. The molecule has 2 aliphatic rings. The Morgan fingerprint density at radius 3 is 2.57 bits per heavy atom. The normalized spacial score (nSPS) is 18.5. The fourth-order valence-corrected chi connectivity index (χ4v) is 5.06. The van der Waals surface area contributed by atoms with Gasteiger partial charge in [-0.05, 0) is 69.7 Å². The van der Waals surface area contributed by atoms with Crippen molar-refractivity contribution in [2.75, 3.05) is 31.5 Å². The van der Waals surface area contributed by atoms with E-state index in [4.69, 9.17) is 4.98 Å². The molecule has 3 rings (SSSR count). The number of carboxylic acids is 1. The van der Waals surface area contributed by atoms with Crippen molar-refractivity contribution in [3.8, 4) is 0 Å². The van der Waals surface area contributed by atoms with Gasteiger partial charge in [0.2, 0.25) is 5.91 Å². The largest absolute Gasteiger partial charge is 0.480 e. The van der Waals surface area contributed by atoms with Gasteiger partial charge in [0.05, 0.1) is 6.42 Å². The number of nitrogens with zero attached hydrogens (tertiary/aromatic N) is 2. The van der Waals surface area contributed by atoms with Crippen molar-refractivity contribution in [3.63, 3.8) is 0 Å². The summed E-state index contributed by atoms with van der Waals surface area (Å²) in [5.41, 5.74) is 1.62. The van der Waals surface area contributed by atoms with Crippen molar-refractivity contribution < 1.29 is 27.9 Å². The second kappa shape index (κ2) is 13.4. The van der Waals surface area contributed by atoms with Gasteiger partial charge in [-0.15, -0.1) is 0 Å². The number of nitrogens with one attached hydrogen (secondary N) is 2. The van der Waals surface area contributed by atoms with Crippen LogP contribution in [0.25, 0.3) is 0 Å². The van der Waals surface area contributed by atoms with E-state index in [1.54, 1.807) is 11.8 Å². The molecule has 208 valence electrons. The summed E-state index contributed by atoms with van der Waals surface area (Å²) in [6.45, 7) is 3.48. The lowest BCUT2D eigenvalue weighted by Crippen LogP contribution is -2.51. The first-order valence-electron chi connectivity index (χ1n) is 13.6. The van der Waals surface area contributed by atoms with Crippen LogP contribution in [0.4, 0.5) is 19.0 Å². The zero-order valence-corrected chi connectivity index (χ0v) is 21.8. The quantitative estimate of drug-likeness (QED) is 0.315. The number of amides is 1. The summed E-state index contributed by atoms with van der Waals surface area (Å²) in [5, 5.41) is 15.7. The Balaban J connectivity index is 1.32. The first kappa shape index (κ1) is 29.2. The number of aryl methyl sites for hydroxylation is 2. The Kier molecular flexibility index (Phi) is 10.6. The lowest BCUT2D eigenvalue weighted by Gasteiger charge is -2.38. The summed E-state index contributed by atoms with van der Waals surface area (Å²) in [7, 11) is 0. The number of unbranched alkanes of at least 4 members (excludes halogenated alkanes) is 4. The van der Waals surface area contributed by atoms with Crippen LogP contribution in [0.3, 0.4) is 0 Å². The van der Waals surface area contributed by atoms with E-state index in [-0.39, 0.29) is 12.5 Å². The van der Waals surface area contributed by atoms with Crippen LogP contribution in [0, 0.1) is 5.41 Å². The first-order chi connectivity index (χ1) is 17.6. The highest BCUT2D eigenvalue weighted by molar-refractivity contribution is 5.87. The number of carbonyl (C=O) groups excluding carboxylic acids is 1. The van der Waals surface area contributed by atoms with Gasteiger partial charge in [0.25, 0.3) is 0 Å². The monoisotopic (exact) mass is 526 g/mol. The maximum absolute atomic E-state index is 12.9. The SMILES string of the molecule is CC1(C(=O)NC(CCCCCCCc2ccc3c(n2)NCCC3)C(=O)O)CCN(CCC(F)(F)F)CC1. The predicted octanol–water partition coefficient (Wildman–Crippen LogP) is 4.95. The summed E-state index contributed by atoms with van der Waals surface area (Å²) in [6, 6.07) is 3.33. The third kappa shape index (κ3) is 9.47. The maximum atomic E-state index is 12.9. The molecule has 1 unspecified atom stereocenters. The molecule has 1 aromatic rings. The van der Waals surface area contributed by atoms with E-state index in [9.17, 15) is 27.9 Å². The lowest BCUT2D eigenvalue weighted by atomic mass is 9.79. The van der Waals surface area contributed by atoms with Crippen LogP contribution in [0.5, 0.6) is 0 Å². The number of hydrogen-bond donors (Lipinski definition) is 3. The molecule has 37 heavy (non-hydrogen) atoms. The number of pyridine rings is 1. The topological polar surface area (TPSA) is 94.6 Å². The number of rotatable bonds is 13. The summed E-state index contributed by atoms with van der Waals surface area (Å²) in [5.74, 6) is -0.347. The van der Waals surface area contributed by atoms with E-state index >= 15 is 0 Å². The van der Waals surface area contributed by atoms with Crippen LogP contribution in [0.1, 0.15) is 82.4 Å². The Bertz CT molecular complexity index is 901. The molecular formula is C27H41F3N4O3. The highest BCUT2D eigenvalue weighted by Crippen LogP contribution is 2.32. The molecule has 0 bridgehead atoms. The van der Waals surface area contributed by atoms with E-state index in [1.807, 2.05) is 0 Å². The van der Waals surface area contributed by atoms with Gasteiger partial charge in [0.1, 0.15) is 11.9 Å². The second-order valence-corrected chi connectivity index (χ2v) is 10.8. The summed E-state index contributed by atoms with van der Waals surface area (Å²) < 4.78 is 37.4. The van der Waals surface area contributed by atoms with Gasteiger partial charge in [-0.2, -0.15) is 13.2 Å². The Morgan fingerprint density at radius 1 is 1.16 bits per heavy atom. The number of halogens is 3. The molecule has 0 saturated carbocycles. The number of carboxylic acid groups (broad SMARTS) is 1. The van der Waals surface area contributed by atoms with Crippen LogP contribution in [-0.2, 0) is 22.4 Å². The van der Waals surface area contributed by atoms with Crippen LogP contribution < -0.4 is 10.6 Å². The van der Waals surface area contributed by atoms with Gasteiger partial charge in [0.15, 0.2) is 0 Å². The smallest absolute Gasteiger partial charge is 0.390 e. The number of piperidine rings is 1. The standard InChI is InChI=1S/C27H41F3N4O3/c1-26(13-17-34(18-14-26)19-15-27(28,29)30)25(37)33-22(24(35)36)10-6-4-2-3-5-9-21-12-11-20-8-7-16-31-23(20)32-21/h11-12,22H,2-10,13-19H2,1H3,(H,31,32)(H,33,37)(H,35,36). The zero-order chi connectivity index (χ0) is 26.9. The van der Waals surface area contributed by atoms with Crippen LogP contribution in [-0.4, -0.2) is 65.3 Å². The van der Waals surface area contributed by atoms with E-state index < -0.39 is 30.0 Å². The fraction of sp³-hybridized carbons (Fsp3) is 0.741. The molecule has 1 atom stereocenters. The van der Waals surface area contributed by atoms with Gasteiger partial charge in [0, 0.05) is 24.2 Å². The van der Waals surface area contributed by atoms with Crippen LogP contribution in [0.15, 0.2) is 12.1 Å². The number of anilines is 1. The minimum absolute atomic E-state index is 0.0695. The molecule has 0 radical (unpaired) electrons. The van der Waals surface area contributed by atoms with Gasteiger partial charge in [-0.1, -0.05) is 38.7 Å². The molecule has 3 N–H and O–H groups in total. The molecule has 0 aliphatic carbocycles. The number of fused-ring (bicyclic) bond motifs is 1. The van der Waals surface area contributed by atoms with Gasteiger partial charge >= 0.3 is 12.1 Å². The van der Waals surface area contributed by atoms with Crippen molar-refractivity contribution in [2.45, 2.75) is 96.2 Å². The highest BCUT2D eigenvalue weighted by Gasteiger charge is 2.39. The molecule has 0 spiro atoms. The third-order valence-electron chi connectivity index (χ3n) is 7.70. The van der Waals surface area contributed by atoms with Gasteiger partial charge in [-0.3, -0.25) is 4.79 Å². The van der Waals surface area contributed by atoms with Crippen LogP contribution in [0.2, 0.25) is 0 Å². The number of aromatic nitrogens is 1. The van der Waals surface area contributed by atoms with E-state index in [0.717, 1.165) is 63.0 Å². The molecular weight excluding hydrogens is 485 g/mol. The molecule has 7 nitrogen and oxygen atoms in total. The Labute approximate surface area is 217 Å². The second-order valence-electron chi connectivity index (χ2n) is 10.8. The lowest BCUT2D eigenvalue weighted by molar-refractivity contribution is -0.145. The summed E-state index contributed by atoms with van der Waals surface area (Å²) >= 11 is 0. The minimum Gasteiger partial charge on any atom is -0.480 e. The molecule has 0 aromatic carbocycles. The van der Waals surface area contributed by atoms with E-state index in [0.29, 0.717) is 38.8 Å². The number of alkyl halides is 3. The first-order valence-corrected chi connectivity index (χ1v) is 13.6. The van der Waals surface area contributed by atoms with Crippen molar-refractivity contribution in [1.29, 1.82) is 0 Å². The van der Waals surface area contributed by atoms with Gasteiger partial charge < -0.3 is 20.6 Å². The molecule has 1 amide bonds. The number of hydrogen-bond acceptors (Lipinski definition) is 5. The Morgan fingerprint density at radius 2 is 1.86 bits per heavy atom. The zero-order valence-electron chi connectivity index (χ0n) is 21.8. The number of carbonyl (C=O) groups is 2. The average molecular weight is 527 g/mol. The van der Waals surface area contributed by atoms with Crippen molar-refractivity contribution >= 4 is 17.7 Å². The average Bonchev–Trinajstić information content (AvgIpc) is 2.86. The number of aliphatic carboxylic acids is 1. The van der Waals surface area contributed by atoms with Crippen LogP contribution >= 0.6 is 0 Å². The predicted molar refractivity (Wildman–Crippen MR) is 136 cm³/mol. The number of likely N-dealkylation sites (tertiary alicyclic amines) is 1. The summed E-state index contributed by atoms with van der Waals surface area (Å²) in [4.78, 5) is 31.0. The molecule has 1 saturated heterocycles. The maximum Gasteiger partial charge on any atom is 0.390 e. The van der Waals surface area contributed by atoms with E-state index in [1.165, 1.54) is 5.56 Å². The molecule has 1 fully saturated rings. The molecule has 10 heteroatoms. The fourth-order valence-electron chi connectivity index (χ4n) is 5.06.